The summed E-state index contributed by atoms with van der Waals surface area (Å²) < 4.78 is 22.2. The van der Waals surface area contributed by atoms with Crippen molar-refractivity contribution in [2.45, 2.75) is 52.2 Å². The van der Waals surface area contributed by atoms with Crippen LogP contribution in [0.3, 0.4) is 0 Å². The fourth-order valence-corrected chi connectivity index (χ4v) is 4.92. The molecule has 10 heteroatoms. The van der Waals surface area contributed by atoms with Gasteiger partial charge in [-0.1, -0.05) is 25.1 Å². The molecule has 1 aliphatic carbocycles. The van der Waals surface area contributed by atoms with Gasteiger partial charge in [-0.2, -0.15) is 15.4 Å². The van der Waals surface area contributed by atoms with Gasteiger partial charge in [0, 0.05) is 18.9 Å². The Kier molecular flexibility index (Phi) is 7.18. The van der Waals surface area contributed by atoms with E-state index in [0.29, 0.717) is 41.8 Å². The number of benzene rings is 1. The molecule has 2 aromatic rings. The van der Waals surface area contributed by atoms with Crippen LogP contribution in [-0.2, 0) is 28.6 Å². The molecule has 2 aliphatic rings. The van der Waals surface area contributed by atoms with Crippen molar-refractivity contribution in [3.63, 3.8) is 0 Å². The number of rotatable bonds is 9. The normalized spacial score (nSPS) is 22.5. The van der Waals surface area contributed by atoms with Crippen molar-refractivity contribution < 1.29 is 33.3 Å². The van der Waals surface area contributed by atoms with Gasteiger partial charge in [-0.25, -0.2) is 9.59 Å². The van der Waals surface area contributed by atoms with Crippen LogP contribution < -0.4 is 4.74 Å². The molecule has 1 aliphatic heterocycles. The number of fused-ring (bicyclic) bond motifs is 2. The average Bonchev–Trinajstić information content (AvgIpc) is 3.39. The van der Waals surface area contributed by atoms with Gasteiger partial charge in [0.1, 0.15) is 23.5 Å². The van der Waals surface area contributed by atoms with Crippen molar-refractivity contribution in [3.05, 3.63) is 41.5 Å². The first-order chi connectivity index (χ1) is 16.8. The van der Waals surface area contributed by atoms with Gasteiger partial charge in [-0.05, 0) is 43.4 Å². The largest absolute Gasteiger partial charge is 0.479 e. The van der Waals surface area contributed by atoms with Crippen LogP contribution in [-0.4, -0.2) is 58.7 Å². The lowest BCUT2D eigenvalue weighted by molar-refractivity contribution is -0.153. The maximum atomic E-state index is 12.9. The van der Waals surface area contributed by atoms with Crippen LogP contribution >= 0.6 is 0 Å². The highest BCUT2D eigenvalue weighted by molar-refractivity contribution is 5.91. The number of hydrogen-bond donors (Lipinski definition) is 1. The fraction of sp³-hybridized carbons (Fsp3) is 0.480. The molecule has 1 aromatic heterocycles. The lowest BCUT2D eigenvalue weighted by atomic mass is 9.73. The highest BCUT2D eigenvalue weighted by atomic mass is 16.6. The Bertz CT molecular complexity index is 1180. The summed E-state index contributed by atoms with van der Waals surface area (Å²) in [6.45, 7) is 9.27. The van der Waals surface area contributed by atoms with Crippen molar-refractivity contribution in [3.8, 4) is 5.75 Å². The molecule has 4 rings (SSSR count). The highest BCUT2D eigenvalue weighted by Gasteiger charge is 2.50. The summed E-state index contributed by atoms with van der Waals surface area (Å²) in [7, 11) is 0. The van der Waals surface area contributed by atoms with E-state index in [4.69, 9.17) is 18.9 Å². The van der Waals surface area contributed by atoms with Crippen LogP contribution in [0.4, 0.5) is 0 Å². The van der Waals surface area contributed by atoms with Crippen molar-refractivity contribution in [1.29, 1.82) is 0 Å². The SMILES string of the molecule is C=C1C(=O)O[C@@H]2CC(C)=C([C@@H](C)CCCOC(C)=O)C(OC(=O)COc3cccc4n[nH]nc34)[C@H]12. The number of H-pyrrole nitrogens is 1. The first-order valence-electron chi connectivity index (χ1n) is 11.6. The van der Waals surface area contributed by atoms with Gasteiger partial charge >= 0.3 is 17.9 Å². The molecular weight excluding hydrogens is 454 g/mol. The molecule has 0 radical (unpaired) electrons. The predicted octanol–water partition coefficient (Wildman–Crippen LogP) is 3.05. The van der Waals surface area contributed by atoms with E-state index in [0.717, 1.165) is 17.6 Å². The Labute approximate surface area is 202 Å². The molecule has 1 N–H and O–H groups in total. The van der Waals surface area contributed by atoms with Crippen LogP contribution in [0.25, 0.3) is 11.0 Å². The zero-order valence-electron chi connectivity index (χ0n) is 20.0. The average molecular weight is 484 g/mol. The Hall–Kier alpha value is -3.69. The van der Waals surface area contributed by atoms with Gasteiger partial charge < -0.3 is 18.9 Å². The highest BCUT2D eigenvalue weighted by Crippen LogP contribution is 2.45. The lowest BCUT2D eigenvalue weighted by Gasteiger charge is -2.37. The number of para-hydroxylation sites is 1. The molecule has 0 amide bonds. The summed E-state index contributed by atoms with van der Waals surface area (Å²) in [6.07, 6.45) is 0.813. The molecule has 35 heavy (non-hydrogen) atoms. The van der Waals surface area contributed by atoms with Gasteiger partial charge in [-0.3, -0.25) is 4.79 Å². The molecule has 4 atom stereocenters. The maximum absolute atomic E-state index is 12.9. The van der Waals surface area contributed by atoms with Crippen LogP contribution in [0.5, 0.6) is 5.75 Å². The summed E-state index contributed by atoms with van der Waals surface area (Å²) in [5.74, 6) is -1.39. The van der Waals surface area contributed by atoms with E-state index >= 15 is 0 Å². The molecule has 0 bridgehead atoms. The number of aromatic amines is 1. The third kappa shape index (κ3) is 5.21. The molecular formula is C25H29N3O7. The Balaban J connectivity index is 1.49. The number of nitrogens with zero attached hydrogens (tertiary/aromatic N) is 2. The summed E-state index contributed by atoms with van der Waals surface area (Å²) in [4.78, 5) is 36.3. The second-order valence-electron chi connectivity index (χ2n) is 8.96. The molecule has 1 aromatic carbocycles. The molecule has 186 valence electrons. The number of carbonyl (C=O) groups excluding carboxylic acids is 3. The minimum Gasteiger partial charge on any atom is -0.479 e. The van der Waals surface area contributed by atoms with E-state index in [1.54, 1.807) is 18.2 Å². The second-order valence-corrected chi connectivity index (χ2v) is 8.96. The minimum atomic E-state index is -0.699. The number of ether oxygens (including phenoxy) is 4. The molecule has 0 spiro atoms. The van der Waals surface area contributed by atoms with E-state index in [-0.39, 0.29) is 18.5 Å². The third-order valence-corrected chi connectivity index (χ3v) is 6.49. The molecule has 1 fully saturated rings. The van der Waals surface area contributed by atoms with Crippen LogP contribution in [0.15, 0.2) is 41.5 Å². The zero-order valence-corrected chi connectivity index (χ0v) is 20.0. The first-order valence-corrected chi connectivity index (χ1v) is 11.6. The van der Waals surface area contributed by atoms with Gasteiger partial charge in [0.25, 0.3) is 0 Å². The summed E-state index contributed by atoms with van der Waals surface area (Å²) >= 11 is 0. The molecule has 1 unspecified atom stereocenters. The summed E-state index contributed by atoms with van der Waals surface area (Å²) in [5.41, 5.74) is 3.39. The van der Waals surface area contributed by atoms with Crippen molar-refractivity contribution in [2.24, 2.45) is 11.8 Å². The van der Waals surface area contributed by atoms with Crippen molar-refractivity contribution >= 4 is 28.9 Å². The number of aromatic nitrogens is 3. The minimum absolute atomic E-state index is 0.0256. The van der Waals surface area contributed by atoms with Gasteiger partial charge in [-0.15, -0.1) is 0 Å². The van der Waals surface area contributed by atoms with E-state index in [1.165, 1.54) is 6.92 Å². The summed E-state index contributed by atoms with van der Waals surface area (Å²) in [6, 6.07) is 5.22. The number of esters is 3. The molecule has 1 saturated heterocycles. The first kappa shape index (κ1) is 24.4. The molecule has 0 saturated carbocycles. The number of hydrogen-bond acceptors (Lipinski definition) is 9. The maximum Gasteiger partial charge on any atom is 0.344 e. The zero-order chi connectivity index (χ0) is 25.1. The van der Waals surface area contributed by atoms with Gasteiger partial charge in [0.05, 0.1) is 12.5 Å². The quantitative estimate of drug-likeness (QED) is 0.188. The standard InChI is InChI=1S/C25H29N3O7/c1-13(7-6-10-32-16(4)29)21-14(2)11-19-22(15(3)25(31)34-19)24(21)35-20(30)12-33-18-9-5-8-17-23(18)27-28-26-17/h5,8-9,13,19,22,24H,3,6-7,10-12H2,1-2,4H3,(H,26,27,28)/t13-,19+,22+,24?/m0/s1. The van der Waals surface area contributed by atoms with Crippen molar-refractivity contribution in [2.75, 3.05) is 13.2 Å². The second kappa shape index (κ2) is 10.3. The monoisotopic (exact) mass is 483 g/mol. The smallest absolute Gasteiger partial charge is 0.344 e. The predicted molar refractivity (Wildman–Crippen MR) is 124 cm³/mol. The van der Waals surface area contributed by atoms with Crippen LogP contribution in [0.2, 0.25) is 0 Å². The van der Waals surface area contributed by atoms with E-state index < -0.39 is 30.1 Å². The Morgan fingerprint density at radius 2 is 2.11 bits per heavy atom. The Morgan fingerprint density at radius 3 is 2.89 bits per heavy atom. The fourth-order valence-electron chi connectivity index (χ4n) is 4.92. The van der Waals surface area contributed by atoms with E-state index in [9.17, 15) is 14.4 Å². The summed E-state index contributed by atoms with van der Waals surface area (Å²) in [5, 5.41) is 10.6. The van der Waals surface area contributed by atoms with Crippen LogP contribution in [0, 0.1) is 11.8 Å². The molecule has 10 nitrogen and oxygen atoms in total. The lowest BCUT2D eigenvalue weighted by Crippen LogP contribution is -2.41. The topological polar surface area (TPSA) is 130 Å². The Morgan fingerprint density at radius 1 is 1.31 bits per heavy atom. The third-order valence-electron chi connectivity index (χ3n) is 6.49. The molecule has 2 heterocycles. The van der Waals surface area contributed by atoms with Gasteiger partial charge in [0.2, 0.25) is 0 Å². The van der Waals surface area contributed by atoms with E-state index in [1.807, 2.05) is 13.8 Å². The van der Waals surface area contributed by atoms with Crippen LogP contribution in [0.1, 0.15) is 40.0 Å². The van der Waals surface area contributed by atoms with Crippen molar-refractivity contribution in [1.82, 2.24) is 15.4 Å². The number of nitrogens with one attached hydrogen (secondary N) is 1. The number of carbonyl (C=O) groups is 3. The van der Waals surface area contributed by atoms with E-state index in [2.05, 4.69) is 22.0 Å². The van der Waals surface area contributed by atoms with Gasteiger partial charge in [0.15, 0.2) is 12.1 Å².